The number of amides is 1. The molecule has 14 heteroatoms. The monoisotopic (exact) mass is 532 g/mol. The number of carboxylic acids is 2. The normalized spacial score (nSPS) is 11.7. The van der Waals surface area contributed by atoms with Crippen molar-refractivity contribution in [2.75, 3.05) is 23.4 Å². The molecule has 0 saturated heterocycles. The third-order valence-corrected chi connectivity index (χ3v) is 5.41. The number of hydrogen-bond acceptors (Lipinski definition) is 10. The van der Waals surface area contributed by atoms with Crippen LogP contribution in [-0.4, -0.2) is 61.1 Å². The number of benzene rings is 1. The van der Waals surface area contributed by atoms with E-state index in [-0.39, 0.29) is 35.8 Å². The number of nitrogens with zero attached hydrogens (tertiary/aromatic N) is 5. The fourth-order valence-corrected chi connectivity index (χ4v) is 3.79. The maximum Gasteiger partial charge on any atom is 0.326 e. The second kappa shape index (κ2) is 10.2. The van der Waals surface area contributed by atoms with Crippen LogP contribution in [0.5, 0.6) is 0 Å². The van der Waals surface area contributed by atoms with E-state index in [1.807, 2.05) is 4.90 Å². The van der Waals surface area contributed by atoms with Gasteiger partial charge in [-0.25, -0.2) is 14.8 Å². The van der Waals surface area contributed by atoms with Gasteiger partial charge in [0.2, 0.25) is 5.95 Å². The van der Waals surface area contributed by atoms with E-state index >= 15 is 0 Å². The molecular weight excluding hydrogens is 512 g/mol. The van der Waals surface area contributed by atoms with Gasteiger partial charge in [0.25, 0.3) is 5.91 Å². The second-order valence-corrected chi connectivity index (χ2v) is 8.17. The molecule has 0 saturated carbocycles. The summed E-state index contributed by atoms with van der Waals surface area (Å²) in [5, 5.41) is 20.3. The zero-order chi connectivity index (χ0) is 25.0. The fourth-order valence-electron chi connectivity index (χ4n) is 3.11. The molecule has 7 N–H and O–H groups in total. The number of anilines is 3. The number of carbonyl (C=O) groups is 3. The first-order chi connectivity index (χ1) is 16.0. The van der Waals surface area contributed by atoms with Crippen LogP contribution < -0.4 is 21.7 Å². The van der Waals surface area contributed by atoms with Crippen LogP contribution in [-0.2, 0) is 16.1 Å². The Labute approximate surface area is 201 Å². The summed E-state index contributed by atoms with van der Waals surface area (Å²) in [5.41, 5.74) is 13.6. The molecule has 178 valence electrons. The van der Waals surface area contributed by atoms with E-state index in [1.165, 1.54) is 12.1 Å². The first-order valence-electron chi connectivity index (χ1n) is 9.86. The Hall–Kier alpha value is -4.07. The van der Waals surface area contributed by atoms with Gasteiger partial charge < -0.3 is 31.9 Å². The largest absolute Gasteiger partial charge is 0.481 e. The van der Waals surface area contributed by atoms with Gasteiger partial charge in [0.05, 0.1) is 24.1 Å². The SMILES string of the molecule is CN(Cc1cnc2nc(N)nc(N)c2n1)c1ccc(C(=O)N[C@H](CCC(=O)O)C(=O)O)cc1Br. The number of nitrogens with two attached hydrogens (primary N) is 2. The molecule has 1 amide bonds. The minimum atomic E-state index is -1.32. The number of halogens is 1. The number of carboxylic acid groups (broad SMARTS) is 2. The first kappa shape index (κ1) is 24.6. The molecule has 0 aliphatic rings. The van der Waals surface area contributed by atoms with Crippen molar-refractivity contribution in [2.24, 2.45) is 0 Å². The average molecular weight is 533 g/mol. The maximum atomic E-state index is 12.5. The van der Waals surface area contributed by atoms with Crippen LogP contribution in [0.15, 0.2) is 28.9 Å². The molecule has 2 heterocycles. The molecular formula is C20H21BrN8O5. The first-order valence-corrected chi connectivity index (χ1v) is 10.6. The lowest BCUT2D eigenvalue weighted by Gasteiger charge is -2.21. The van der Waals surface area contributed by atoms with E-state index in [0.29, 0.717) is 22.2 Å². The van der Waals surface area contributed by atoms with Gasteiger partial charge in [0, 0.05) is 23.5 Å². The summed E-state index contributed by atoms with van der Waals surface area (Å²) in [6.07, 6.45) is 0.935. The van der Waals surface area contributed by atoms with Gasteiger partial charge in [0.15, 0.2) is 17.0 Å². The minimum Gasteiger partial charge on any atom is -0.481 e. The van der Waals surface area contributed by atoms with Crippen LogP contribution in [0.3, 0.4) is 0 Å². The Morgan fingerprint density at radius 1 is 1.18 bits per heavy atom. The van der Waals surface area contributed by atoms with Crippen LogP contribution in [0, 0.1) is 0 Å². The highest BCUT2D eigenvalue weighted by Crippen LogP contribution is 2.28. The predicted octanol–water partition coefficient (Wildman–Crippen LogP) is 1.03. The van der Waals surface area contributed by atoms with Crippen molar-refractivity contribution >= 4 is 62.4 Å². The number of aliphatic carboxylic acids is 2. The summed E-state index contributed by atoms with van der Waals surface area (Å²) in [6.45, 7) is 0.340. The lowest BCUT2D eigenvalue weighted by atomic mass is 10.1. The smallest absolute Gasteiger partial charge is 0.326 e. The third kappa shape index (κ3) is 5.83. The number of aromatic nitrogens is 4. The zero-order valence-corrected chi connectivity index (χ0v) is 19.5. The maximum absolute atomic E-state index is 12.5. The molecule has 0 unspecified atom stereocenters. The molecule has 3 rings (SSSR count). The van der Waals surface area contributed by atoms with Crippen molar-refractivity contribution in [2.45, 2.75) is 25.4 Å². The van der Waals surface area contributed by atoms with Crippen LogP contribution in [0.25, 0.3) is 11.2 Å². The molecule has 0 spiro atoms. The molecule has 0 fully saturated rings. The topological polar surface area (TPSA) is 211 Å². The van der Waals surface area contributed by atoms with Gasteiger partial charge in [-0.1, -0.05) is 0 Å². The zero-order valence-electron chi connectivity index (χ0n) is 17.9. The van der Waals surface area contributed by atoms with Crippen molar-refractivity contribution in [1.82, 2.24) is 25.3 Å². The van der Waals surface area contributed by atoms with Crippen LogP contribution in [0.1, 0.15) is 28.9 Å². The van der Waals surface area contributed by atoms with E-state index in [4.69, 9.17) is 16.6 Å². The second-order valence-electron chi connectivity index (χ2n) is 7.32. The number of fused-ring (bicyclic) bond motifs is 1. The number of nitrogen functional groups attached to an aromatic ring is 2. The highest BCUT2D eigenvalue weighted by Gasteiger charge is 2.22. The molecule has 0 aliphatic carbocycles. The highest BCUT2D eigenvalue weighted by molar-refractivity contribution is 9.10. The Balaban J connectivity index is 1.74. The van der Waals surface area contributed by atoms with Gasteiger partial charge in [-0.05, 0) is 40.5 Å². The molecule has 0 aliphatic heterocycles. The number of rotatable bonds is 9. The third-order valence-electron chi connectivity index (χ3n) is 4.77. The van der Waals surface area contributed by atoms with Gasteiger partial charge in [-0.3, -0.25) is 9.59 Å². The summed E-state index contributed by atoms with van der Waals surface area (Å²) in [6, 6.07) is 3.43. The molecule has 1 atom stereocenters. The van der Waals surface area contributed by atoms with Crippen LogP contribution in [0.4, 0.5) is 17.5 Å². The summed E-state index contributed by atoms with van der Waals surface area (Å²) in [7, 11) is 1.81. The van der Waals surface area contributed by atoms with Crippen molar-refractivity contribution in [3.05, 3.63) is 40.1 Å². The van der Waals surface area contributed by atoms with Crippen molar-refractivity contribution < 1.29 is 24.6 Å². The van der Waals surface area contributed by atoms with E-state index in [2.05, 4.69) is 41.2 Å². The molecule has 1 aromatic carbocycles. The van der Waals surface area contributed by atoms with E-state index in [9.17, 15) is 19.5 Å². The summed E-state index contributed by atoms with van der Waals surface area (Å²) in [5.74, 6) is -2.96. The highest BCUT2D eigenvalue weighted by atomic mass is 79.9. The Morgan fingerprint density at radius 3 is 2.56 bits per heavy atom. The minimum absolute atomic E-state index is 0.00814. The Kier molecular flexibility index (Phi) is 7.40. The number of hydrogen-bond donors (Lipinski definition) is 5. The van der Waals surface area contributed by atoms with Gasteiger partial charge in [-0.2, -0.15) is 9.97 Å². The Morgan fingerprint density at radius 2 is 1.91 bits per heavy atom. The quantitative estimate of drug-likeness (QED) is 0.261. The van der Waals surface area contributed by atoms with Crippen LogP contribution >= 0.6 is 15.9 Å². The molecule has 34 heavy (non-hydrogen) atoms. The lowest BCUT2D eigenvalue weighted by Crippen LogP contribution is -2.41. The van der Waals surface area contributed by atoms with Crippen LogP contribution in [0.2, 0.25) is 0 Å². The van der Waals surface area contributed by atoms with Crippen molar-refractivity contribution in [3.63, 3.8) is 0 Å². The van der Waals surface area contributed by atoms with Gasteiger partial charge >= 0.3 is 11.9 Å². The van der Waals surface area contributed by atoms with E-state index in [1.54, 1.807) is 19.3 Å². The summed E-state index contributed by atoms with van der Waals surface area (Å²) >= 11 is 3.43. The molecule has 0 bridgehead atoms. The molecule has 3 aromatic rings. The number of carbonyl (C=O) groups excluding carboxylic acids is 1. The average Bonchev–Trinajstić information content (AvgIpc) is 2.76. The lowest BCUT2D eigenvalue weighted by molar-refractivity contribution is -0.140. The number of nitrogens with one attached hydrogen (secondary N) is 1. The predicted molar refractivity (Wildman–Crippen MR) is 126 cm³/mol. The van der Waals surface area contributed by atoms with Crippen molar-refractivity contribution in [1.29, 1.82) is 0 Å². The molecule has 0 radical (unpaired) electrons. The molecule has 13 nitrogen and oxygen atoms in total. The van der Waals surface area contributed by atoms with Gasteiger partial charge in [-0.15, -0.1) is 0 Å². The molecule has 2 aromatic heterocycles. The van der Waals surface area contributed by atoms with Crippen molar-refractivity contribution in [3.8, 4) is 0 Å². The fraction of sp³-hybridized carbons (Fsp3) is 0.250. The van der Waals surface area contributed by atoms with Gasteiger partial charge in [0.1, 0.15) is 6.04 Å². The van der Waals surface area contributed by atoms with E-state index < -0.39 is 23.9 Å². The standard InChI is InChI=1S/C20H21BrN8O5/c1-29(8-10-7-24-17-15(25-10)16(22)27-20(23)28-17)13-4-2-9(6-11(13)21)18(32)26-12(19(33)34)3-5-14(30)31/h2,4,6-7,12H,3,5,8H2,1H3,(H,26,32)(H,30,31)(H,33,34)(H4,22,23,24,27,28)/t12-/m1/s1. The summed E-state index contributed by atoms with van der Waals surface area (Å²) < 4.78 is 0.574. The Bertz CT molecular complexity index is 1270. The van der Waals surface area contributed by atoms with E-state index in [0.717, 1.165) is 5.69 Å². The summed E-state index contributed by atoms with van der Waals surface area (Å²) in [4.78, 5) is 52.9.